The van der Waals surface area contributed by atoms with Gasteiger partial charge in [-0.2, -0.15) is 0 Å². The van der Waals surface area contributed by atoms with Gasteiger partial charge in [0.2, 0.25) is 0 Å². The van der Waals surface area contributed by atoms with E-state index < -0.39 is 0 Å². The van der Waals surface area contributed by atoms with Gasteiger partial charge in [0.1, 0.15) is 0 Å². The summed E-state index contributed by atoms with van der Waals surface area (Å²) in [5.41, 5.74) is 0.630. The lowest BCUT2D eigenvalue weighted by molar-refractivity contribution is 0.124. The van der Waals surface area contributed by atoms with Crippen LogP contribution in [0.5, 0.6) is 0 Å². The van der Waals surface area contributed by atoms with Crippen LogP contribution in [0.4, 0.5) is 10.5 Å². The number of hydrogen-bond donors (Lipinski definition) is 2. The summed E-state index contributed by atoms with van der Waals surface area (Å²) in [7, 11) is 0. The number of hydrogen-bond acceptors (Lipinski definition) is 3. The van der Waals surface area contributed by atoms with Gasteiger partial charge in [-0.1, -0.05) is 37.0 Å². The number of benzene rings is 1. The van der Waals surface area contributed by atoms with E-state index in [1.54, 1.807) is 18.2 Å². The Hall–Kier alpha value is -1.01. The van der Waals surface area contributed by atoms with Crippen LogP contribution in [0, 0.1) is 5.92 Å². The maximum atomic E-state index is 12.0. The van der Waals surface area contributed by atoms with Crippen LogP contribution in [0.15, 0.2) is 18.2 Å². The highest BCUT2D eigenvalue weighted by atomic mass is 35.5. The molecule has 0 aromatic heterocycles. The number of piperazine rings is 1. The summed E-state index contributed by atoms with van der Waals surface area (Å²) in [5, 5.41) is 6.58. The summed E-state index contributed by atoms with van der Waals surface area (Å²) in [4.78, 5) is 16.9. The van der Waals surface area contributed by atoms with Crippen molar-refractivity contribution in [3.05, 3.63) is 28.2 Å². The van der Waals surface area contributed by atoms with Crippen LogP contribution in [0.25, 0.3) is 0 Å². The van der Waals surface area contributed by atoms with Crippen molar-refractivity contribution in [2.45, 2.75) is 13.8 Å². The number of likely N-dealkylation sites (N-methyl/N-ethyl adjacent to an activating group) is 1. The van der Waals surface area contributed by atoms with E-state index in [9.17, 15) is 4.79 Å². The van der Waals surface area contributed by atoms with Crippen LogP contribution in [0.2, 0.25) is 10.0 Å². The Kier molecular flexibility index (Phi) is 7.62. The maximum absolute atomic E-state index is 12.0. The molecule has 2 N–H and O–H groups in total. The quantitative estimate of drug-likeness (QED) is 0.804. The predicted octanol–water partition coefficient (Wildman–Crippen LogP) is 3.39. The largest absolute Gasteiger partial charge is 0.338 e. The normalized spacial score (nSPS) is 17.5. The highest BCUT2D eigenvalue weighted by Gasteiger charge is 2.17. The number of nitrogens with one attached hydrogen (secondary N) is 2. The van der Waals surface area contributed by atoms with Gasteiger partial charge in [0, 0.05) is 45.0 Å². The second-order valence-electron chi connectivity index (χ2n) is 6.30. The standard InChI is InChI=1S/C17H26Cl2N4O/c1-3-22-6-8-23(9-7-22)12-13(2)11-20-17(24)21-14-4-5-15(18)16(19)10-14/h4-5,10,13H,3,6-9,11-12H2,1-2H3,(H2,20,21,24)/t13-/m0/s1. The highest BCUT2D eigenvalue weighted by molar-refractivity contribution is 6.42. The predicted molar refractivity (Wildman–Crippen MR) is 101 cm³/mol. The Bertz CT molecular complexity index is 547. The zero-order valence-electron chi connectivity index (χ0n) is 14.3. The van der Waals surface area contributed by atoms with Crippen molar-refractivity contribution < 1.29 is 4.79 Å². The van der Waals surface area contributed by atoms with Crippen LogP contribution >= 0.6 is 23.2 Å². The molecule has 0 bridgehead atoms. The van der Waals surface area contributed by atoms with Gasteiger partial charge >= 0.3 is 6.03 Å². The minimum absolute atomic E-state index is 0.226. The Balaban J connectivity index is 1.68. The molecule has 134 valence electrons. The van der Waals surface area contributed by atoms with Crippen molar-refractivity contribution in [2.24, 2.45) is 5.92 Å². The summed E-state index contributed by atoms with van der Waals surface area (Å²) >= 11 is 11.8. The molecule has 1 saturated heterocycles. The fourth-order valence-corrected chi connectivity index (χ4v) is 3.11. The molecule has 1 aliphatic rings. The second kappa shape index (κ2) is 9.47. The first-order chi connectivity index (χ1) is 11.5. The third-order valence-corrected chi connectivity index (χ3v) is 5.01. The summed E-state index contributed by atoms with van der Waals surface area (Å²) in [6.07, 6.45) is 0. The van der Waals surface area contributed by atoms with Crippen molar-refractivity contribution in [2.75, 3.05) is 51.1 Å². The lowest BCUT2D eigenvalue weighted by Crippen LogP contribution is -2.48. The van der Waals surface area contributed by atoms with Gasteiger partial charge < -0.3 is 20.4 Å². The summed E-state index contributed by atoms with van der Waals surface area (Å²) in [6, 6.07) is 4.80. The van der Waals surface area contributed by atoms with Gasteiger partial charge in [0.25, 0.3) is 0 Å². The molecule has 1 aromatic rings. The number of rotatable bonds is 6. The van der Waals surface area contributed by atoms with Crippen molar-refractivity contribution in [1.29, 1.82) is 0 Å². The maximum Gasteiger partial charge on any atom is 0.319 e. The van der Waals surface area contributed by atoms with Gasteiger partial charge in [0.05, 0.1) is 10.0 Å². The lowest BCUT2D eigenvalue weighted by atomic mass is 10.1. The van der Waals surface area contributed by atoms with Gasteiger partial charge in [0.15, 0.2) is 0 Å². The van der Waals surface area contributed by atoms with Crippen LogP contribution in [0.1, 0.15) is 13.8 Å². The molecule has 1 atom stereocenters. The van der Waals surface area contributed by atoms with E-state index in [0.717, 1.165) is 39.3 Å². The van der Waals surface area contributed by atoms with E-state index >= 15 is 0 Å². The zero-order chi connectivity index (χ0) is 17.5. The minimum atomic E-state index is -0.226. The van der Waals surface area contributed by atoms with Crippen LogP contribution < -0.4 is 10.6 Å². The first-order valence-electron chi connectivity index (χ1n) is 8.42. The molecule has 1 aliphatic heterocycles. The average Bonchev–Trinajstić information content (AvgIpc) is 2.57. The monoisotopic (exact) mass is 372 g/mol. The summed E-state index contributed by atoms with van der Waals surface area (Å²) < 4.78 is 0. The van der Waals surface area contributed by atoms with E-state index in [2.05, 4.69) is 34.3 Å². The van der Waals surface area contributed by atoms with Crippen LogP contribution in [0.3, 0.4) is 0 Å². The molecule has 0 radical (unpaired) electrons. The molecule has 0 spiro atoms. The third-order valence-electron chi connectivity index (χ3n) is 4.27. The fourth-order valence-electron chi connectivity index (χ4n) is 2.81. The van der Waals surface area contributed by atoms with Crippen molar-refractivity contribution in [3.63, 3.8) is 0 Å². The molecule has 0 aliphatic carbocycles. The Labute approximate surface area is 154 Å². The Morgan fingerprint density at radius 3 is 2.46 bits per heavy atom. The van der Waals surface area contributed by atoms with Gasteiger partial charge in [-0.05, 0) is 30.7 Å². The molecule has 24 heavy (non-hydrogen) atoms. The van der Waals surface area contributed by atoms with Gasteiger partial charge in [-0.25, -0.2) is 4.79 Å². The first-order valence-corrected chi connectivity index (χ1v) is 9.18. The molecule has 2 amide bonds. The summed E-state index contributed by atoms with van der Waals surface area (Å²) in [5.74, 6) is 0.401. The third kappa shape index (κ3) is 6.13. The van der Waals surface area contributed by atoms with Crippen LogP contribution in [-0.2, 0) is 0 Å². The molecule has 1 aromatic carbocycles. The van der Waals surface area contributed by atoms with Gasteiger partial charge in [-0.3, -0.25) is 0 Å². The number of anilines is 1. The number of carbonyl (C=O) groups excluding carboxylic acids is 1. The SMILES string of the molecule is CCN1CCN(C[C@@H](C)CNC(=O)Nc2ccc(Cl)c(Cl)c2)CC1. The molecule has 5 nitrogen and oxygen atoms in total. The highest BCUT2D eigenvalue weighted by Crippen LogP contribution is 2.24. The number of amides is 2. The van der Waals surface area contributed by atoms with E-state index in [4.69, 9.17) is 23.2 Å². The molecule has 0 saturated carbocycles. The molecule has 2 rings (SSSR count). The smallest absolute Gasteiger partial charge is 0.319 e. The number of carbonyl (C=O) groups is 1. The van der Waals surface area contributed by atoms with E-state index in [-0.39, 0.29) is 6.03 Å². The van der Waals surface area contributed by atoms with E-state index in [1.807, 2.05) is 0 Å². The average molecular weight is 373 g/mol. The van der Waals surface area contributed by atoms with E-state index in [0.29, 0.717) is 28.2 Å². The fraction of sp³-hybridized carbons (Fsp3) is 0.588. The molecule has 0 unspecified atom stereocenters. The minimum Gasteiger partial charge on any atom is -0.338 e. The topological polar surface area (TPSA) is 47.6 Å². The summed E-state index contributed by atoms with van der Waals surface area (Å²) in [6.45, 7) is 11.6. The van der Waals surface area contributed by atoms with E-state index in [1.165, 1.54) is 0 Å². The molecular weight excluding hydrogens is 347 g/mol. The molecule has 1 heterocycles. The zero-order valence-corrected chi connectivity index (χ0v) is 15.8. The number of urea groups is 1. The lowest BCUT2D eigenvalue weighted by Gasteiger charge is -2.35. The number of nitrogens with zero attached hydrogens (tertiary/aromatic N) is 2. The number of halogens is 2. The Morgan fingerprint density at radius 2 is 1.83 bits per heavy atom. The Morgan fingerprint density at radius 1 is 1.17 bits per heavy atom. The van der Waals surface area contributed by atoms with Crippen molar-refractivity contribution in [1.82, 2.24) is 15.1 Å². The molecule has 7 heteroatoms. The first kappa shape index (κ1) is 19.3. The van der Waals surface area contributed by atoms with Crippen molar-refractivity contribution >= 4 is 34.9 Å². The van der Waals surface area contributed by atoms with Crippen molar-refractivity contribution in [3.8, 4) is 0 Å². The molecular formula is C17H26Cl2N4O. The van der Waals surface area contributed by atoms with Gasteiger partial charge in [-0.15, -0.1) is 0 Å². The van der Waals surface area contributed by atoms with Crippen LogP contribution in [-0.4, -0.2) is 61.6 Å². The second-order valence-corrected chi connectivity index (χ2v) is 7.12. The molecule has 1 fully saturated rings.